The fourth-order valence-electron chi connectivity index (χ4n) is 4.48. The number of hydrogen-bond donors (Lipinski definition) is 0. The zero-order chi connectivity index (χ0) is 20.3. The van der Waals surface area contributed by atoms with Gasteiger partial charge in [-0.3, -0.25) is 0 Å². The van der Waals surface area contributed by atoms with Crippen molar-refractivity contribution in [2.75, 3.05) is 0 Å². The molecule has 0 unspecified atom stereocenters. The van der Waals surface area contributed by atoms with Crippen molar-refractivity contribution in [3.63, 3.8) is 0 Å². The second-order valence-corrected chi connectivity index (χ2v) is 8.69. The van der Waals surface area contributed by atoms with Crippen LogP contribution in [-0.4, -0.2) is 0 Å². The quantitative estimate of drug-likeness (QED) is 0.322. The first kappa shape index (κ1) is 21.4. The molecular weight excluding hydrogens is 348 g/mol. The average Bonchev–Trinajstić information content (AvgIpc) is 2.77. The van der Waals surface area contributed by atoms with Gasteiger partial charge in [0, 0.05) is 11.1 Å². The van der Waals surface area contributed by atoms with Crippen molar-refractivity contribution in [1.82, 2.24) is 0 Å². The summed E-state index contributed by atoms with van der Waals surface area (Å²) in [5.74, 6) is 8.48. The molecule has 0 radical (unpaired) electrons. The molecule has 0 amide bonds. The standard InChI is InChI=1S/C29H36/c1-3-5-7-25-10-14-27(15-11-25)17-19-29-22-20-28(21-23-29)18-16-26-12-8-24(6-4-2)9-13-26/h3,8-9,12-13,20-23,25,27H,1,4-7,10-11,14-15,17,19H2,2H3/t25-,27-. The zero-order valence-electron chi connectivity index (χ0n) is 18.1. The molecule has 1 aliphatic rings. The third-order valence-corrected chi connectivity index (χ3v) is 6.38. The molecule has 0 spiro atoms. The van der Waals surface area contributed by atoms with Crippen LogP contribution in [0.25, 0.3) is 0 Å². The highest BCUT2D eigenvalue weighted by atomic mass is 14.3. The lowest BCUT2D eigenvalue weighted by molar-refractivity contribution is 0.254. The smallest absolute Gasteiger partial charge is 0.0249 e. The van der Waals surface area contributed by atoms with Crippen LogP contribution in [-0.2, 0) is 12.8 Å². The van der Waals surface area contributed by atoms with Gasteiger partial charge in [-0.2, -0.15) is 0 Å². The fraction of sp³-hybridized carbons (Fsp3) is 0.448. The van der Waals surface area contributed by atoms with Crippen molar-refractivity contribution in [3.8, 4) is 11.8 Å². The van der Waals surface area contributed by atoms with Crippen molar-refractivity contribution < 1.29 is 0 Å². The molecule has 0 heterocycles. The molecule has 1 saturated carbocycles. The molecule has 2 aromatic rings. The van der Waals surface area contributed by atoms with Crippen LogP contribution in [0.3, 0.4) is 0 Å². The monoisotopic (exact) mass is 384 g/mol. The summed E-state index contributed by atoms with van der Waals surface area (Å²) >= 11 is 0. The molecule has 0 bridgehead atoms. The SMILES string of the molecule is C=CCC[C@H]1CC[C@H](CCc2ccc(C#Cc3ccc(CCC)cc3)cc2)CC1. The number of rotatable bonds is 8. The lowest BCUT2D eigenvalue weighted by Gasteiger charge is -2.28. The second kappa shape index (κ2) is 11.7. The third kappa shape index (κ3) is 7.25. The van der Waals surface area contributed by atoms with Gasteiger partial charge in [0.1, 0.15) is 0 Å². The highest BCUT2D eigenvalue weighted by molar-refractivity contribution is 5.44. The van der Waals surface area contributed by atoms with Crippen LogP contribution >= 0.6 is 0 Å². The van der Waals surface area contributed by atoms with Crippen molar-refractivity contribution in [1.29, 1.82) is 0 Å². The molecule has 0 aliphatic heterocycles. The first-order chi connectivity index (χ1) is 14.3. The minimum absolute atomic E-state index is 0.921. The molecule has 0 heteroatoms. The maximum absolute atomic E-state index is 3.86. The predicted octanol–water partition coefficient (Wildman–Crippen LogP) is 7.74. The van der Waals surface area contributed by atoms with E-state index >= 15 is 0 Å². The van der Waals surface area contributed by atoms with Crippen LogP contribution in [0, 0.1) is 23.7 Å². The third-order valence-electron chi connectivity index (χ3n) is 6.38. The van der Waals surface area contributed by atoms with Crippen LogP contribution in [0.1, 0.15) is 80.5 Å². The summed E-state index contributed by atoms with van der Waals surface area (Å²) in [6.07, 6.45) is 15.2. The maximum atomic E-state index is 3.86. The van der Waals surface area contributed by atoms with E-state index in [1.165, 1.54) is 68.9 Å². The van der Waals surface area contributed by atoms with Crippen molar-refractivity contribution in [3.05, 3.63) is 83.4 Å². The molecule has 0 N–H and O–H groups in total. The Morgan fingerprint density at radius 1 is 0.759 bits per heavy atom. The first-order valence-corrected chi connectivity index (χ1v) is 11.6. The van der Waals surface area contributed by atoms with E-state index in [1.54, 1.807) is 0 Å². The number of benzene rings is 2. The molecule has 0 atom stereocenters. The molecule has 3 rings (SSSR count). The Morgan fingerprint density at radius 3 is 1.72 bits per heavy atom. The van der Waals surface area contributed by atoms with Crippen LogP contribution in [0.4, 0.5) is 0 Å². The Labute approximate surface area is 178 Å². The summed E-state index contributed by atoms with van der Waals surface area (Å²) in [4.78, 5) is 0. The average molecular weight is 385 g/mol. The van der Waals surface area contributed by atoms with Crippen LogP contribution < -0.4 is 0 Å². The Morgan fingerprint density at radius 2 is 1.24 bits per heavy atom. The molecule has 1 fully saturated rings. The van der Waals surface area contributed by atoms with Crippen LogP contribution in [0.5, 0.6) is 0 Å². The second-order valence-electron chi connectivity index (χ2n) is 8.69. The van der Waals surface area contributed by atoms with Gasteiger partial charge < -0.3 is 0 Å². The lowest BCUT2D eigenvalue weighted by atomic mass is 9.78. The van der Waals surface area contributed by atoms with E-state index in [1.807, 2.05) is 0 Å². The Bertz CT molecular complexity index is 790. The Hall–Kier alpha value is -2.26. The van der Waals surface area contributed by atoms with E-state index in [9.17, 15) is 0 Å². The van der Waals surface area contributed by atoms with Gasteiger partial charge in [0.05, 0.1) is 0 Å². The topological polar surface area (TPSA) is 0 Å². The molecular formula is C29H36. The normalized spacial score (nSPS) is 18.7. The Kier molecular flexibility index (Phi) is 8.63. The molecule has 0 aromatic heterocycles. The van der Waals surface area contributed by atoms with Crippen LogP contribution in [0.2, 0.25) is 0 Å². The van der Waals surface area contributed by atoms with Gasteiger partial charge in [-0.15, -0.1) is 6.58 Å². The predicted molar refractivity (Wildman–Crippen MR) is 126 cm³/mol. The summed E-state index contributed by atoms with van der Waals surface area (Å²) in [6.45, 7) is 6.07. The number of aryl methyl sites for hydroxylation is 2. The molecule has 1 aliphatic carbocycles. The van der Waals surface area contributed by atoms with E-state index in [4.69, 9.17) is 0 Å². The fourth-order valence-corrected chi connectivity index (χ4v) is 4.48. The van der Waals surface area contributed by atoms with Gasteiger partial charge in [-0.05, 0) is 79.3 Å². The summed E-state index contributed by atoms with van der Waals surface area (Å²) in [5.41, 5.74) is 5.05. The van der Waals surface area contributed by atoms with Gasteiger partial charge in [-0.25, -0.2) is 0 Å². The van der Waals surface area contributed by atoms with E-state index in [0.717, 1.165) is 29.4 Å². The molecule has 0 nitrogen and oxygen atoms in total. The van der Waals surface area contributed by atoms with Gasteiger partial charge in [-0.1, -0.05) is 81.2 Å². The van der Waals surface area contributed by atoms with Gasteiger partial charge in [0.25, 0.3) is 0 Å². The van der Waals surface area contributed by atoms with E-state index in [2.05, 4.69) is 80.0 Å². The summed E-state index contributed by atoms with van der Waals surface area (Å²) in [6, 6.07) is 17.6. The number of allylic oxidation sites excluding steroid dienone is 1. The molecule has 152 valence electrons. The highest BCUT2D eigenvalue weighted by Gasteiger charge is 2.20. The van der Waals surface area contributed by atoms with E-state index < -0.39 is 0 Å². The zero-order valence-corrected chi connectivity index (χ0v) is 18.1. The van der Waals surface area contributed by atoms with Crippen molar-refractivity contribution >= 4 is 0 Å². The molecule has 0 saturated heterocycles. The van der Waals surface area contributed by atoms with E-state index in [0.29, 0.717) is 0 Å². The highest BCUT2D eigenvalue weighted by Crippen LogP contribution is 2.33. The summed E-state index contributed by atoms with van der Waals surface area (Å²) < 4.78 is 0. The van der Waals surface area contributed by atoms with Crippen LogP contribution in [0.15, 0.2) is 61.2 Å². The summed E-state index contributed by atoms with van der Waals surface area (Å²) in [7, 11) is 0. The minimum Gasteiger partial charge on any atom is -0.103 e. The summed E-state index contributed by atoms with van der Waals surface area (Å²) in [5, 5.41) is 0. The molecule has 29 heavy (non-hydrogen) atoms. The van der Waals surface area contributed by atoms with Gasteiger partial charge in [0.15, 0.2) is 0 Å². The van der Waals surface area contributed by atoms with Gasteiger partial charge >= 0.3 is 0 Å². The Balaban J connectivity index is 1.44. The number of hydrogen-bond acceptors (Lipinski definition) is 0. The van der Waals surface area contributed by atoms with Crippen molar-refractivity contribution in [2.24, 2.45) is 11.8 Å². The molecule has 2 aromatic carbocycles. The first-order valence-electron chi connectivity index (χ1n) is 11.6. The van der Waals surface area contributed by atoms with Crippen molar-refractivity contribution in [2.45, 2.75) is 71.1 Å². The van der Waals surface area contributed by atoms with E-state index in [-0.39, 0.29) is 0 Å². The van der Waals surface area contributed by atoms with Gasteiger partial charge in [0.2, 0.25) is 0 Å². The largest absolute Gasteiger partial charge is 0.103 e. The lowest BCUT2D eigenvalue weighted by Crippen LogP contribution is -2.15. The maximum Gasteiger partial charge on any atom is 0.0249 e. The minimum atomic E-state index is 0.921.